The summed E-state index contributed by atoms with van der Waals surface area (Å²) in [5.41, 5.74) is 0.744. The van der Waals surface area contributed by atoms with Crippen LogP contribution in [0, 0.1) is 6.57 Å². The molecule has 0 saturated heterocycles. The van der Waals surface area contributed by atoms with Crippen LogP contribution in [0.2, 0.25) is 0 Å². The van der Waals surface area contributed by atoms with Crippen molar-refractivity contribution in [3.63, 3.8) is 0 Å². The number of hydrogen-bond acceptors (Lipinski definition) is 2. The molecule has 4 heteroatoms. The van der Waals surface area contributed by atoms with Gasteiger partial charge in [0.1, 0.15) is 5.75 Å². The number of rotatable bonds is 0. The molecule has 1 amide bonds. The van der Waals surface area contributed by atoms with Crippen LogP contribution in [0.15, 0.2) is 24.3 Å². The monoisotopic (exact) mass is 203 g/mol. The highest BCUT2D eigenvalue weighted by atomic mass is 16.5. The van der Waals surface area contributed by atoms with Crippen LogP contribution in [-0.4, -0.2) is 25.6 Å². The quantitative estimate of drug-likeness (QED) is 0.638. The third-order valence-corrected chi connectivity index (χ3v) is 2.42. The van der Waals surface area contributed by atoms with Gasteiger partial charge >= 0.3 is 11.9 Å². The first-order valence-electron chi connectivity index (χ1n) is 4.63. The number of likely N-dealkylation sites (N-methyl/N-ethyl adjacent to an activating group) is 1. The van der Waals surface area contributed by atoms with E-state index in [-0.39, 0.29) is 12.5 Å². The van der Waals surface area contributed by atoms with Gasteiger partial charge in [-0.05, 0) is 12.1 Å². The van der Waals surface area contributed by atoms with Gasteiger partial charge in [0.05, 0.1) is 5.69 Å². The molecule has 0 radical (unpaired) electrons. The van der Waals surface area contributed by atoms with Gasteiger partial charge in [-0.25, -0.2) is 0 Å². The molecule has 1 unspecified atom stereocenters. The molecule has 1 aliphatic heterocycles. The van der Waals surface area contributed by atoms with Crippen LogP contribution < -0.4 is 9.64 Å². The zero-order valence-electron chi connectivity index (χ0n) is 8.38. The SMILES string of the molecule is C#[N+]C1COc2ccccc2N(C)C1=O. The number of anilines is 1. The number of carbonyl (C=O) groups is 1. The fraction of sp³-hybridized carbons (Fsp3) is 0.273. The molecule has 2 rings (SSSR count). The van der Waals surface area contributed by atoms with Crippen molar-refractivity contribution in [3.8, 4) is 12.3 Å². The Morgan fingerprint density at radius 2 is 2.27 bits per heavy atom. The van der Waals surface area contributed by atoms with Gasteiger partial charge < -0.3 is 9.64 Å². The molecule has 0 bridgehead atoms. The third kappa shape index (κ3) is 1.52. The number of nitrogens with zero attached hydrogens (tertiary/aromatic N) is 2. The van der Waals surface area contributed by atoms with E-state index in [1.54, 1.807) is 7.05 Å². The van der Waals surface area contributed by atoms with E-state index >= 15 is 0 Å². The van der Waals surface area contributed by atoms with E-state index in [0.29, 0.717) is 5.75 Å². The first-order valence-corrected chi connectivity index (χ1v) is 4.63. The van der Waals surface area contributed by atoms with E-state index in [4.69, 9.17) is 11.3 Å². The average Bonchev–Trinajstić information content (AvgIpc) is 2.39. The van der Waals surface area contributed by atoms with Crippen LogP contribution in [0.1, 0.15) is 0 Å². The molecule has 1 aromatic carbocycles. The van der Waals surface area contributed by atoms with Crippen LogP contribution in [0.25, 0.3) is 4.85 Å². The molecule has 0 spiro atoms. The van der Waals surface area contributed by atoms with E-state index in [1.807, 2.05) is 24.3 Å². The molecule has 1 aromatic rings. The summed E-state index contributed by atoms with van der Waals surface area (Å²) in [6.07, 6.45) is 0. The summed E-state index contributed by atoms with van der Waals surface area (Å²) >= 11 is 0. The van der Waals surface area contributed by atoms with E-state index in [9.17, 15) is 4.79 Å². The van der Waals surface area contributed by atoms with E-state index in [0.717, 1.165) is 5.69 Å². The van der Waals surface area contributed by atoms with Crippen molar-refractivity contribution in [3.05, 3.63) is 29.1 Å². The molecule has 0 aromatic heterocycles. The van der Waals surface area contributed by atoms with Gasteiger partial charge in [-0.15, -0.1) is 0 Å². The molecule has 15 heavy (non-hydrogen) atoms. The van der Waals surface area contributed by atoms with Crippen molar-refractivity contribution >= 4 is 11.6 Å². The molecular weight excluding hydrogens is 192 g/mol. The standard InChI is InChI=1S/C11H11N2O2/c1-12-8-7-15-10-6-4-3-5-9(10)13(2)11(8)14/h1,3-6,8H,7H2,2H3/q+1. The number of para-hydroxylation sites is 2. The summed E-state index contributed by atoms with van der Waals surface area (Å²) in [7, 11) is 1.69. The third-order valence-electron chi connectivity index (χ3n) is 2.42. The van der Waals surface area contributed by atoms with Crippen molar-refractivity contribution in [2.24, 2.45) is 0 Å². The Bertz CT molecular complexity index is 436. The maximum absolute atomic E-state index is 11.8. The number of hydrogen-bond donors (Lipinski definition) is 0. The normalized spacial score (nSPS) is 19.9. The fourth-order valence-corrected chi connectivity index (χ4v) is 1.55. The van der Waals surface area contributed by atoms with Crippen LogP contribution in [-0.2, 0) is 4.79 Å². The summed E-state index contributed by atoms with van der Waals surface area (Å²) in [5, 5.41) is 0. The average molecular weight is 203 g/mol. The number of carbonyl (C=O) groups excluding carboxylic acids is 1. The molecule has 1 heterocycles. The summed E-state index contributed by atoms with van der Waals surface area (Å²) in [6, 6.07) is 6.73. The number of ether oxygens (including phenoxy) is 1. The second-order valence-electron chi connectivity index (χ2n) is 3.34. The van der Waals surface area contributed by atoms with Gasteiger partial charge in [0.25, 0.3) is 6.57 Å². The Balaban J connectivity index is 2.44. The lowest BCUT2D eigenvalue weighted by molar-refractivity contribution is -0.118. The minimum absolute atomic E-state index is 0.151. The number of amides is 1. The van der Waals surface area contributed by atoms with Crippen LogP contribution in [0.5, 0.6) is 5.75 Å². The zero-order valence-corrected chi connectivity index (χ0v) is 8.38. The van der Waals surface area contributed by atoms with Gasteiger partial charge in [0.2, 0.25) is 0 Å². The Hall–Kier alpha value is -2.02. The van der Waals surface area contributed by atoms with Gasteiger partial charge in [-0.2, -0.15) is 0 Å². The van der Waals surface area contributed by atoms with Crippen molar-refractivity contribution in [2.75, 3.05) is 18.6 Å². The number of fused-ring (bicyclic) bond motifs is 1. The second kappa shape index (κ2) is 3.62. The summed E-state index contributed by atoms with van der Waals surface area (Å²) in [6.45, 7) is 5.35. The Labute approximate surface area is 87.9 Å². The van der Waals surface area contributed by atoms with Gasteiger partial charge in [-0.1, -0.05) is 17.0 Å². The van der Waals surface area contributed by atoms with E-state index in [2.05, 4.69) is 4.85 Å². The summed E-state index contributed by atoms with van der Waals surface area (Å²) in [4.78, 5) is 16.8. The highest BCUT2D eigenvalue weighted by Crippen LogP contribution is 2.30. The highest BCUT2D eigenvalue weighted by Gasteiger charge is 2.35. The van der Waals surface area contributed by atoms with Crippen molar-refractivity contribution in [1.29, 1.82) is 0 Å². The predicted molar refractivity (Wildman–Crippen MR) is 57.4 cm³/mol. The van der Waals surface area contributed by atoms with Gasteiger partial charge in [0.15, 0.2) is 6.61 Å². The Morgan fingerprint density at radius 3 is 3.00 bits per heavy atom. The Morgan fingerprint density at radius 1 is 1.53 bits per heavy atom. The van der Waals surface area contributed by atoms with Gasteiger partial charge in [-0.3, -0.25) is 4.79 Å². The van der Waals surface area contributed by atoms with Crippen molar-refractivity contribution in [2.45, 2.75) is 6.04 Å². The molecule has 0 saturated carbocycles. The Kier molecular flexibility index (Phi) is 2.30. The minimum Gasteiger partial charge on any atom is -0.482 e. The molecule has 4 nitrogen and oxygen atoms in total. The lowest BCUT2D eigenvalue weighted by atomic mass is 10.2. The maximum Gasteiger partial charge on any atom is 0.381 e. The smallest absolute Gasteiger partial charge is 0.381 e. The van der Waals surface area contributed by atoms with E-state index in [1.165, 1.54) is 4.90 Å². The highest BCUT2D eigenvalue weighted by molar-refractivity contribution is 5.99. The lowest BCUT2D eigenvalue weighted by Gasteiger charge is -2.14. The zero-order chi connectivity index (χ0) is 10.8. The predicted octanol–water partition coefficient (Wildman–Crippen LogP) is 1.37. The molecule has 1 atom stereocenters. The minimum atomic E-state index is -0.623. The molecular formula is C11H11N2O2+. The summed E-state index contributed by atoms with van der Waals surface area (Å²) < 4.78 is 5.46. The number of benzene rings is 1. The van der Waals surface area contributed by atoms with Crippen molar-refractivity contribution in [1.82, 2.24) is 0 Å². The maximum atomic E-state index is 11.8. The van der Waals surface area contributed by atoms with Crippen LogP contribution >= 0.6 is 0 Å². The molecule has 76 valence electrons. The summed E-state index contributed by atoms with van der Waals surface area (Å²) in [5.74, 6) is 0.530. The molecule has 0 fully saturated rings. The van der Waals surface area contributed by atoms with Gasteiger partial charge in [0, 0.05) is 7.05 Å². The van der Waals surface area contributed by atoms with E-state index < -0.39 is 6.04 Å². The largest absolute Gasteiger partial charge is 0.482 e. The first-order chi connectivity index (χ1) is 7.24. The fourth-order valence-electron chi connectivity index (χ4n) is 1.55. The van der Waals surface area contributed by atoms with Crippen LogP contribution in [0.3, 0.4) is 0 Å². The topological polar surface area (TPSA) is 33.9 Å². The molecule has 0 aliphatic carbocycles. The van der Waals surface area contributed by atoms with Crippen LogP contribution in [0.4, 0.5) is 5.69 Å². The lowest BCUT2D eigenvalue weighted by Crippen LogP contribution is -2.35. The first kappa shape index (κ1) is 9.53. The van der Waals surface area contributed by atoms with Crippen molar-refractivity contribution < 1.29 is 9.53 Å². The second-order valence-corrected chi connectivity index (χ2v) is 3.34. The molecule has 0 N–H and O–H groups in total. The molecule has 1 aliphatic rings.